The van der Waals surface area contributed by atoms with Crippen LogP contribution in [0, 0.1) is 11.2 Å². The van der Waals surface area contributed by atoms with E-state index in [1.807, 2.05) is 19.1 Å². The number of benzene rings is 1. The minimum atomic E-state index is -0.855. The second-order valence-corrected chi connectivity index (χ2v) is 10.7. The number of hydrogen-bond acceptors (Lipinski definition) is 9. The van der Waals surface area contributed by atoms with Crippen LogP contribution in [-0.4, -0.2) is 63.3 Å². The Morgan fingerprint density at radius 1 is 1.05 bits per heavy atom. The van der Waals surface area contributed by atoms with Gasteiger partial charge in [0.2, 0.25) is 18.1 Å². The van der Waals surface area contributed by atoms with Gasteiger partial charge in [0.1, 0.15) is 5.82 Å². The maximum absolute atomic E-state index is 13.7. The first-order valence-electron chi connectivity index (χ1n) is 13.9. The monoisotopic (exact) mass is 573 g/mol. The molecule has 0 radical (unpaired) electrons. The molecule has 2 aliphatic rings. The van der Waals surface area contributed by atoms with Crippen molar-refractivity contribution in [2.24, 2.45) is 5.41 Å². The highest BCUT2D eigenvalue weighted by Gasteiger charge is 2.41. The fourth-order valence-corrected chi connectivity index (χ4v) is 4.89. The topological polar surface area (TPSA) is 136 Å². The first-order chi connectivity index (χ1) is 20.5. The lowest BCUT2D eigenvalue weighted by Gasteiger charge is -2.35. The number of hydrogen-bond donors (Lipinski definition) is 3. The molecule has 2 aliphatic heterocycles. The van der Waals surface area contributed by atoms with Gasteiger partial charge in [-0.05, 0) is 67.8 Å². The Balaban J connectivity index is 1.20. The van der Waals surface area contributed by atoms with Gasteiger partial charge in [0.15, 0.2) is 5.82 Å². The molecule has 1 aromatic carbocycles. The highest BCUT2D eigenvalue weighted by Crippen LogP contribution is 2.35. The number of amides is 1. The molecule has 2 saturated heterocycles. The lowest BCUT2D eigenvalue weighted by molar-refractivity contribution is -0.231. The number of imidazole rings is 1. The number of aromatic nitrogens is 5. The van der Waals surface area contributed by atoms with Gasteiger partial charge in [-0.15, -0.1) is 0 Å². The smallest absolute Gasteiger partial charge is 0.230 e. The number of H-pyrrole nitrogens is 1. The lowest BCUT2D eigenvalue weighted by Crippen LogP contribution is -2.49. The van der Waals surface area contributed by atoms with Gasteiger partial charge in [-0.2, -0.15) is 0 Å². The Labute approximate surface area is 242 Å². The molecule has 0 spiro atoms. The number of aromatic amines is 1. The van der Waals surface area contributed by atoms with Crippen molar-refractivity contribution in [3.63, 3.8) is 0 Å². The van der Waals surface area contributed by atoms with Crippen LogP contribution >= 0.6 is 0 Å². The van der Waals surface area contributed by atoms with Crippen LogP contribution in [0.4, 0.5) is 10.3 Å². The van der Waals surface area contributed by atoms with Crippen molar-refractivity contribution in [2.45, 2.75) is 38.7 Å². The summed E-state index contributed by atoms with van der Waals surface area (Å²) in [5, 5.41) is 6.20. The fourth-order valence-electron chi connectivity index (χ4n) is 4.89. The number of rotatable bonds is 9. The maximum atomic E-state index is 13.7. The highest BCUT2D eigenvalue weighted by atomic mass is 19.1. The zero-order valence-electron chi connectivity index (χ0n) is 23.2. The SMILES string of the molecule is CC1(C(=O)NCC2CCCO2)COC(c2nc(-c3ccc(F)cc3)c(-c3ccnc(NCc4ccncc4)n3)[nH]2)OC1. The number of nitrogens with one attached hydrogen (secondary N) is 3. The molecule has 6 rings (SSSR count). The van der Waals surface area contributed by atoms with Crippen LogP contribution in [0.25, 0.3) is 22.6 Å². The summed E-state index contributed by atoms with van der Waals surface area (Å²) < 4.78 is 31.4. The van der Waals surface area contributed by atoms with Crippen LogP contribution in [0.5, 0.6) is 0 Å². The van der Waals surface area contributed by atoms with Crippen LogP contribution in [0.3, 0.4) is 0 Å². The van der Waals surface area contributed by atoms with E-state index in [-0.39, 0.29) is 31.0 Å². The molecule has 4 aromatic rings. The average molecular weight is 574 g/mol. The van der Waals surface area contributed by atoms with Gasteiger partial charge >= 0.3 is 0 Å². The van der Waals surface area contributed by atoms with E-state index in [2.05, 4.69) is 25.6 Å². The molecule has 3 N–H and O–H groups in total. The number of anilines is 1. The molecule has 0 bridgehead atoms. The first kappa shape index (κ1) is 27.9. The van der Waals surface area contributed by atoms with Crippen molar-refractivity contribution in [3.05, 3.63) is 78.3 Å². The normalized spacial score (nSPS) is 22.1. The van der Waals surface area contributed by atoms with Gasteiger partial charge in [-0.3, -0.25) is 9.78 Å². The number of carbonyl (C=O) groups is 1. The quantitative estimate of drug-likeness (QED) is 0.271. The predicted molar refractivity (Wildman–Crippen MR) is 151 cm³/mol. The summed E-state index contributed by atoms with van der Waals surface area (Å²) in [6, 6.07) is 11.6. The van der Waals surface area contributed by atoms with Gasteiger partial charge in [0.25, 0.3) is 0 Å². The molecule has 12 heteroatoms. The summed E-state index contributed by atoms with van der Waals surface area (Å²) in [7, 11) is 0. The lowest BCUT2D eigenvalue weighted by atomic mass is 9.91. The fraction of sp³-hybridized carbons (Fsp3) is 0.367. The summed E-state index contributed by atoms with van der Waals surface area (Å²) in [6.45, 7) is 3.83. The van der Waals surface area contributed by atoms with Gasteiger partial charge in [0, 0.05) is 43.9 Å². The minimum Gasteiger partial charge on any atom is -0.376 e. The molecule has 2 fully saturated rings. The number of carbonyl (C=O) groups excluding carboxylic acids is 1. The van der Waals surface area contributed by atoms with Crippen LogP contribution in [0.2, 0.25) is 0 Å². The number of halogens is 1. The summed E-state index contributed by atoms with van der Waals surface area (Å²) in [4.78, 5) is 34.1. The summed E-state index contributed by atoms with van der Waals surface area (Å²) >= 11 is 0. The molecule has 42 heavy (non-hydrogen) atoms. The third kappa shape index (κ3) is 6.30. The highest BCUT2D eigenvalue weighted by molar-refractivity contribution is 5.82. The Morgan fingerprint density at radius 2 is 1.83 bits per heavy atom. The maximum Gasteiger partial charge on any atom is 0.230 e. The second-order valence-electron chi connectivity index (χ2n) is 10.7. The van der Waals surface area contributed by atoms with E-state index in [9.17, 15) is 9.18 Å². The van der Waals surface area contributed by atoms with Crippen molar-refractivity contribution in [1.82, 2.24) is 30.2 Å². The molecule has 3 aromatic heterocycles. The number of pyridine rings is 1. The van der Waals surface area contributed by atoms with E-state index in [4.69, 9.17) is 24.2 Å². The zero-order valence-corrected chi connectivity index (χ0v) is 23.2. The van der Waals surface area contributed by atoms with Crippen molar-refractivity contribution >= 4 is 11.9 Å². The zero-order chi connectivity index (χ0) is 28.9. The van der Waals surface area contributed by atoms with E-state index in [1.54, 1.807) is 36.8 Å². The Bertz CT molecular complexity index is 1500. The van der Waals surface area contributed by atoms with Gasteiger partial charge in [-0.25, -0.2) is 19.3 Å². The van der Waals surface area contributed by atoms with Crippen molar-refractivity contribution in [1.29, 1.82) is 0 Å². The van der Waals surface area contributed by atoms with E-state index in [0.717, 1.165) is 25.0 Å². The van der Waals surface area contributed by atoms with Crippen LogP contribution in [0.15, 0.2) is 61.1 Å². The molecule has 1 unspecified atom stereocenters. The molecule has 1 atom stereocenters. The van der Waals surface area contributed by atoms with E-state index in [1.165, 1.54) is 12.1 Å². The van der Waals surface area contributed by atoms with Gasteiger partial charge < -0.3 is 29.8 Å². The largest absolute Gasteiger partial charge is 0.376 e. The molecule has 5 heterocycles. The Morgan fingerprint density at radius 3 is 2.57 bits per heavy atom. The molecular formula is C30H32FN7O4. The van der Waals surface area contributed by atoms with Gasteiger partial charge in [0.05, 0.1) is 41.8 Å². The average Bonchev–Trinajstić information content (AvgIpc) is 3.71. The summed E-state index contributed by atoms with van der Waals surface area (Å²) in [6.07, 6.45) is 6.28. The summed E-state index contributed by atoms with van der Waals surface area (Å²) in [5.74, 6) is 0.351. The predicted octanol–water partition coefficient (Wildman–Crippen LogP) is 4.03. The van der Waals surface area contributed by atoms with E-state index >= 15 is 0 Å². The molecule has 11 nitrogen and oxygen atoms in total. The molecular weight excluding hydrogens is 541 g/mol. The molecule has 0 saturated carbocycles. The van der Waals surface area contributed by atoms with Crippen molar-refractivity contribution < 1.29 is 23.4 Å². The third-order valence-corrected chi connectivity index (χ3v) is 7.34. The number of nitrogens with zero attached hydrogens (tertiary/aromatic N) is 4. The second kappa shape index (κ2) is 12.3. The minimum absolute atomic E-state index is 0.0512. The number of ether oxygens (including phenoxy) is 3. The molecule has 218 valence electrons. The molecule has 1 amide bonds. The Kier molecular flexibility index (Phi) is 8.17. The van der Waals surface area contributed by atoms with Crippen LogP contribution in [0.1, 0.15) is 37.4 Å². The van der Waals surface area contributed by atoms with Crippen LogP contribution < -0.4 is 10.6 Å². The van der Waals surface area contributed by atoms with Gasteiger partial charge in [-0.1, -0.05) is 0 Å². The van der Waals surface area contributed by atoms with Crippen LogP contribution in [-0.2, 0) is 25.5 Å². The van der Waals surface area contributed by atoms with E-state index in [0.29, 0.717) is 47.5 Å². The first-order valence-corrected chi connectivity index (χ1v) is 13.9. The third-order valence-electron chi connectivity index (χ3n) is 7.34. The standard InChI is InChI=1S/C30H32FN7O4/c1-30(28(39)34-16-22-3-2-14-40-22)17-41-27(42-18-30)26-37-24(20-4-6-21(31)7-5-20)25(38-26)23-10-13-33-29(36-23)35-15-19-8-11-32-12-9-19/h4-13,22,27H,2-3,14-18H2,1H3,(H,34,39)(H,37,38)(H,33,35,36). The van der Waals surface area contributed by atoms with Crippen molar-refractivity contribution in [2.75, 3.05) is 31.7 Å². The Hall–Kier alpha value is -4.26. The molecule has 0 aliphatic carbocycles. The summed E-state index contributed by atoms with van der Waals surface area (Å²) in [5.41, 5.74) is 2.60. The van der Waals surface area contributed by atoms with E-state index < -0.39 is 11.7 Å². The van der Waals surface area contributed by atoms with Crippen molar-refractivity contribution in [3.8, 4) is 22.6 Å².